The largest absolute Gasteiger partial charge is 0.497 e. The third-order valence-corrected chi connectivity index (χ3v) is 3.30. The zero-order valence-electron chi connectivity index (χ0n) is 12.3. The van der Waals surface area contributed by atoms with Gasteiger partial charge in [-0.2, -0.15) is 5.26 Å². The first-order chi connectivity index (χ1) is 10.5. The number of hydrogen-bond donors (Lipinski definition) is 0. The molecule has 2 rings (SSSR count). The normalized spacial score (nSPS) is 9.86. The number of rotatable bonds is 5. The van der Waals surface area contributed by atoms with Gasteiger partial charge in [0.2, 0.25) is 0 Å². The maximum absolute atomic E-state index is 10.8. The third-order valence-electron chi connectivity index (χ3n) is 3.30. The summed E-state index contributed by atoms with van der Waals surface area (Å²) in [5.41, 5.74) is 1.90. The van der Waals surface area contributed by atoms with Crippen molar-refractivity contribution in [3.05, 3.63) is 63.7 Å². The van der Waals surface area contributed by atoms with Crippen molar-refractivity contribution >= 4 is 11.4 Å². The van der Waals surface area contributed by atoms with Gasteiger partial charge < -0.3 is 9.64 Å². The molecule has 0 radical (unpaired) electrons. The lowest BCUT2D eigenvalue weighted by Crippen LogP contribution is -2.17. The molecule has 0 spiro atoms. The van der Waals surface area contributed by atoms with Gasteiger partial charge in [0.25, 0.3) is 5.69 Å². The Balaban J connectivity index is 2.23. The highest BCUT2D eigenvalue weighted by atomic mass is 16.6. The molecule has 0 heterocycles. The highest BCUT2D eigenvalue weighted by Gasteiger charge is 2.13. The first-order valence-electron chi connectivity index (χ1n) is 6.57. The number of hydrogen-bond acceptors (Lipinski definition) is 5. The van der Waals surface area contributed by atoms with Crippen molar-refractivity contribution < 1.29 is 9.66 Å². The first kappa shape index (κ1) is 15.3. The number of nitriles is 1. The quantitative estimate of drug-likeness (QED) is 0.625. The van der Waals surface area contributed by atoms with E-state index in [2.05, 4.69) is 0 Å². The number of benzene rings is 2. The molecule has 6 nitrogen and oxygen atoms in total. The van der Waals surface area contributed by atoms with Gasteiger partial charge in [0.05, 0.1) is 23.3 Å². The maximum Gasteiger partial charge on any atom is 0.270 e. The fourth-order valence-electron chi connectivity index (χ4n) is 2.15. The van der Waals surface area contributed by atoms with Crippen LogP contribution in [0.1, 0.15) is 11.1 Å². The molecule has 2 aromatic carbocycles. The monoisotopic (exact) mass is 297 g/mol. The Morgan fingerprint density at radius 1 is 1.27 bits per heavy atom. The minimum atomic E-state index is -0.506. The number of anilines is 1. The lowest BCUT2D eigenvalue weighted by molar-refractivity contribution is -0.384. The minimum Gasteiger partial charge on any atom is -0.497 e. The number of non-ortho nitro benzene ring substituents is 1. The Labute approximate surface area is 128 Å². The van der Waals surface area contributed by atoms with Crippen molar-refractivity contribution in [2.75, 3.05) is 19.1 Å². The molecule has 2 aromatic rings. The summed E-state index contributed by atoms with van der Waals surface area (Å²) in [6.45, 7) is 0.580. The van der Waals surface area contributed by atoms with Crippen molar-refractivity contribution in [1.29, 1.82) is 5.26 Å². The van der Waals surface area contributed by atoms with Gasteiger partial charge >= 0.3 is 0 Å². The van der Waals surface area contributed by atoms with E-state index in [1.54, 1.807) is 13.2 Å². The molecule has 22 heavy (non-hydrogen) atoms. The second-order valence-electron chi connectivity index (χ2n) is 4.77. The topological polar surface area (TPSA) is 79.4 Å². The van der Waals surface area contributed by atoms with E-state index in [9.17, 15) is 15.4 Å². The summed E-state index contributed by atoms with van der Waals surface area (Å²) in [6, 6.07) is 13.9. The van der Waals surface area contributed by atoms with Gasteiger partial charge in [0, 0.05) is 25.7 Å². The summed E-state index contributed by atoms with van der Waals surface area (Å²) in [4.78, 5) is 12.1. The molecule has 0 saturated carbocycles. The van der Waals surface area contributed by atoms with E-state index in [0.29, 0.717) is 12.2 Å². The second kappa shape index (κ2) is 6.59. The Morgan fingerprint density at radius 3 is 2.50 bits per heavy atom. The van der Waals surface area contributed by atoms with E-state index in [1.165, 1.54) is 12.1 Å². The van der Waals surface area contributed by atoms with Gasteiger partial charge in [-0.1, -0.05) is 12.1 Å². The van der Waals surface area contributed by atoms with Crippen LogP contribution in [0, 0.1) is 21.4 Å². The number of ether oxygens (including phenoxy) is 1. The molecule has 0 bridgehead atoms. The van der Waals surface area contributed by atoms with Gasteiger partial charge in [-0.3, -0.25) is 10.1 Å². The summed E-state index contributed by atoms with van der Waals surface area (Å²) in [7, 11) is 3.45. The molecular weight excluding hydrogens is 282 g/mol. The van der Waals surface area contributed by atoms with Crippen LogP contribution in [-0.2, 0) is 6.54 Å². The molecule has 112 valence electrons. The van der Waals surface area contributed by atoms with E-state index in [1.807, 2.05) is 42.3 Å². The van der Waals surface area contributed by atoms with E-state index >= 15 is 0 Å². The molecule has 0 aliphatic carbocycles. The van der Waals surface area contributed by atoms with Crippen LogP contribution in [0.15, 0.2) is 42.5 Å². The molecule has 0 aliphatic heterocycles. The van der Waals surface area contributed by atoms with Crippen molar-refractivity contribution in [2.45, 2.75) is 6.54 Å². The Hall–Kier alpha value is -3.07. The van der Waals surface area contributed by atoms with Crippen molar-refractivity contribution in [2.24, 2.45) is 0 Å². The number of nitro benzene ring substituents is 1. The summed E-state index contributed by atoms with van der Waals surface area (Å²) in [5.74, 6) is 0.777. The van der Waals surface area contributed by atoms with Crippen molar-refractivity contribution in [1.82, 2.24) is 0 Å². The van der Waals surface area contributed by atoms with Crippen LogP contribution in [0.25, 0.3) is 0 Å². The van der Waals surface area contributed by atoms with Gasteiger partial charge in [0.15, 0.2) is 0 Å². The average molecular weight is 297 g/mol. The first-order valence-corrected chi connectivity index (χ1v) is 6.57. The van der Waals surface area contributed by atoms with Crippen molar-refractivity contribution in [3.8, 4) is 11.8 Å². The standard InChI is InChI=1S/C16H15N3O3/c1-18(11-12-3-6-15(22-2)7-4-12)16-8-5-14(19(20)21)9-13(16)10-17/h3-9H,11H2,1-2H3. The summed E-state index contributed by atoms with van der Waals surface area (Å²) >= 11 is 0. The van der Waals surface area contributed by atoms with E-state index in [0.717, 1.165) is 11.3 Å². The highest BCUT2D eigenvalue weighted by Crippen LogP contribution is 2.25. The molecule has 0 saturated heterocycles. The Morgan fingerprint density at radius 2 is 1.95 bits per heavy atom. The third kappa shape index (κ3) is 3.33. The van der Waals surface area contributed by atoms with E-state index in [4.69, 9.17) is 4.74 Å². The molecule has 0 aliphatic rings. The van der Waals surface area contributed by atoms with Crippen LogP contribution in [0.4, 0.5) is 11.4 Å². The molecule has 0 aromatic heterocycles. The van der Waals surface area contributed by atoms with Crippen molar-refractivity contribution in [3.63, 3.8) is 0 Å². The summed E-state index contributed by atoms with van der Waals surface area (Å²) in [5, 5.41) is 20.0. The van der Waals surface area contributed by atoms with Gasteiger partial charge in [-0.05, 0) is 23.8 Å². The van der Waals surface area contributed by atoms with Crippen LogP contribution >= 0.6 is 0 Å². The van der Waals surface area contributed by atoms with Crippen LogP contribution in [0.5, 0.6) is 5.75 Å². The molecule has 0 amide bonds. The average Bonchev–Trinajstić information content (AvgIpc) is 2.54. The summed E-state index contributed by atoms with van der Waals surface area (Å²) < 4.78 is 5.11. The molecule has 0 unspecified atom stereocenters. The van der Waals surface area contributed by atoms with Crippen LogP contribution in [-0.4, -0.2) is 19.1 Å². The predicted octanol–water partition coefficient (Wildman–Crippen LogP) is 3.11. The van der Waals surface area contributed by atoms with Gasteiger partial charge in [-0.15, -0.1) is 0 Å². The molecular formula is C16H15N3O3. The minimum absolute atomic E-state index is 0.0850. The fourth-order valence-corrected chi connectivity index (χ4v) is 2.15. The number of nitrogens with zero attached hydrogens (tertiary/aromatic N) is 3. The van der Waals surface area contributed by atoms with E-state index in [-0.39, 0.29) is 11.3 Å². The number of methoxy groups -OCH3 is 1. The van der Waals surface area contributed by atoms with Crippen LogP contribution < -0.4 is 9.64 Å². The Kier molecular flexibility index (Phi) is 4.59. The highest BCUT2D eigenvalue weighted by molar-refractivity contribution is 5.62. The number of nitro groups is 1. The SMILES string of the molecule is COc1ccc(CN(C)c2ccc([N+](=O)[O-])cc2C#N)cc1. The fraction of sp³-hybridized carbons (Fsp3) is 0.188. The zero-order valence-corrected chi connectivity index (χ0v) is 12.3. The van der Waals surface area contributed by atoms with Gasteiger partial charge in [0.1, 0.15) is 11.8 Å². The summed E-state index contributed by atoms with van der Waals surface area (Å²) in [6.07, 6.45) is 0. The predicted molar refractivity (Wildman–Crippen MR) is 82.9 cm³/mol. The lowest BCUT2D eigenvalue weighted by Gasteiger charge is -2.20. The molecule has 0 atom stereocenters. The van der Waals surface area contributed by atoms with Crippen LogP contribution in [0.2, 0.25) is 0 Å². The second-order valence-corrected chi connectivity index (χ2v) is 4.77. The Bertz CT molecular complexity index is 720. The van der Waals surface area contributed by atoms with Gasteiger partial charge in [-0.25, -0.2) is 0 Å². The van der Waals surface area contributed by atoms with Crippen LogP contribution in [0.3, 0.4) is 0 Å². The smallest absolute Gasteiger partial charge is 0.270 e. The molecule has 6 heteroatoms. The molecule has 0 N–H and O–H groups in total. The zero-order chi connectivity index (χ0) is 16.1. The molecule has 0 fully saturated rings. The van der Waals surface area contributed by atoms with E-state index < -0.39 is 4.92 Å². The lowest BCUT2D eigenvalue weighted by atomic mass is 10.1. The maximum atomic E-state index is 10.8.